The lowest BCUT2D eigenvalue weighted by atomic mass is 10.6. The number of halogens is 1. The first-order valence-corrected chi connectivity index (χ1v) is 4.62. The fourth-order valence-corrected chi connectivity index (χ4v) is 2.00. The molecule has 0 spiro atoms. The zero-order chi connectivity index (χ0) is 7.78. The van der Waals surface area contributed by atoms with E-state index in [0.29, 0.717) is 0 Å². The number of hydrogen-bond donors (Lipinski definition) is 1. The molecule has 1 heterocycles. The summed E-state index contributed by atoms with van der Waals surface area (Å²) in [6, 6.07) is 0. The van der Waals surface area contributed by atoms with E-state index in [1.54, 1.807) is 27.3 Å². The minimum absolute atomic E-state index is 0.0429. The highest BCUT2D eigenvalue weighted by Gasteiger charge is 2.21. The van der Waals surface area contributed by atoms with Crippen LogP contribution in [0.2, 0.25) is 0 Å². The van der Waals surface area contributed by atoms with Crippen LogP contribution < -0.4 is 4.72 Å². The van der Waals surface area contributed by atoms with Crippen LogP contribution in [-0.2, 0) is 19.3 Å². The van der Waals surface area contributed by atoms with Crippen LogP contribution >= 0.6 is 22.6 Å². The molecule has 5 nitrogen and oxygen atoms in total. The van der Waals surface area contributed by atoms with Crippen LogP contribution in [0.3, 0.4) is 0 Å². The SMILES string of the molecule is O=C1C=C(I)OS(=O)(=O)N1. The summed E-state index contributed by atoms with van der Waals surface area (Å²) >= 11 is 1.60. The lowest BCUT2D eigenvalue weighted by Crippen LogP contribution is -2.33. The van der Waals surface area contributed by atoms with Gasteiger partial charge in [0.15, 0.2) is 3.77 Å². The smallest absolute Gasteiger partial charge is 0.360 e. The summed E-state index contributed by atoms with van der Waals surface area (Å²) in [5, 5.41) is 0. The van der Waals surface area contributed by atoms with Crippen molar-refractivity contribution < 1.29 is 17.4 Å². The molecule has 0 saturated carbocycles. The van der Waals surface area contributed by atoms with Gasteiger partial charge in [-0.05, 0) is 0 Å². The van der Waals surface area contributed by atoms with Gasteiger partial charge in [0, 0.05) is 22.6 Å². The first-order valence-electron chi connectivity index (χ1n) is 2.13. The molecule has 56 valence electrons. The molecule has 1 N–H and O–H groups in total. The van der Waals surface area contributed by atoms with Crippen molar-refractivity contribution in [2.75, 3.05) is 0 Å². The van der Waals surface area contributed by atoms with Gasteiger partial charge in [-0.1, -0.05) is 0 Å². The predicted octanol–water partition coefficient (Wildman–Crippen LogP) is -0.346. The molecular formula is C3H2INO4S. The third kappa shape index (κ3) is 1.84. The van der Waals surface area contributed by atoms with Gasteiger partial charge in [0.1, 0.15) is 0 Å². The molecule has 1 rings (SSSR count). The Morgan fingerprint density at radius 3 is 2.60 bits per heavy atom. The Bertz CT molecular complexity index is 292. The Hall–Kier alpha value is -0.310. The molecule has 1 amide bonds. The summed E-state index contributed by atoms with van der Waals surface area (Å²) < 4.78 is 26.8. The molecule has 0 radical (unpaired) electrons. The van der Waals surface area contributed by atoms with Crippen molar-refractivity contribution in [3.05, 3.63) is 9.84 Å². The van der Waals surface area contributed by atoms with E-state index in [9.17, 15) is 13.2 Å². The maximum Gasteiger partial charge on any atom is 0.410 e. The van der Waals surface area contributed by atoms with E-state index >= 15 is 0 Å². The van der Waals surface area contributed by atoms with Crippen LogP contribution in [0, 0.1) is 0 Å². The molecule has 0 aromatic carbocycles. The number of rotatable bonds is 0. The van der Waals surface area contributed by atoms with Crippen molar-refractivity contribution in [1.29, 1.82) is 0 Å². The van der Waals surface area contributed by atoms with Crippen molar-refractivity contribution >= 4 is 38.8 Å². The van der Waals surface area contributed by atoms with E-state index in [-0.39, 0.29) is 3.77 Å². The lowest BCUT2D eigenvalue weighted by molar-refractivity contribution is -0.115. The van der Waals surface area contributed by atoms with Gasteiger partial charge in [-0.2, -0.15) is 8.42 Å². The minimum Gasteiger partial charge on any atom is -0.360 e. The van der Waals surface area contributed by atoms with Gasteiger partial charge in [0.05, 0.1) is 6.08 Å². The zero-order valence-electron chi connectivity index (χ0n) is 4.50. The number of hydrogen-bond acceptors (Lipinski definition) is 4. The first-order chi connectivity index (χ1) is 4.49. The second-order valence-electron chi connectivity index (χ2n) is 1.45. The van der Waals surface area contributed by atoms with Crippen molar-refractivity contribution in [3.8, 4) is 0 Å². The molecule has 1 aliphatic rings. The number of nitrogens with one attached hydrogen (secondary N) is 1. The van der Waals surface area contributed by atoms with E-state index in [0.717, 1.165) is 6.08 Å². The highest BCUT2D eigenvalue weighted by atomic mass is 127. The van der Waals surface area contributed by atoms with Crippen molar-refractivity contribution in [3.63, 3.8) is 0 Å². The molecule has 0 bridgehead atoms. The maximum atomic E-state index is 10.5. The quantitative estimate of drug-likeness (QED) is 0.613. The highest BCUT2D eigenvalue weighted by molar-refractivity contribution is 14.1. The normalized spacial score (nSPS) is 22.5. The second kappa shape index (κ2) is 2.38. The molecule has 7 heteroatoms. The van der Waals surface area contributed by atoms with E-state index in [1.165, 1.54) is 0 Å². The number of carbonyl (C=O) groups is 1. The molecule has 0 aromatic rings. The Labute approximate surface area is 70.8 Å². The van der Waals surface area contributed by atoms with Crippen LogP contribution in [0.15, 0.2) is 9.84 Å². The summed E-state index contributed by atoms with van der Waals surface area (Å²) in [6.45, 7) is 0. The van der Waals surface area contributed by atoms with Gasteiger partial charge in [-0.3, -0.25) is 4.79 Å². The average molecular weight is 275 g/mol. The van der Waals surface area contributed by atoms with E-state index < -0.39 is 16.2 Å². The van der Waals surface area contributed by atoms with Crippen LogP contribution in [0.1, 0.15) is 0 Å². The summed E-state index contributed by atoms with van der Waals surface area (Å²) in [4.78, 5) is 10.4. The first kappa shape index (κ1) is 7.79. The lowest BCUT2D eigenvalue weighted by Gasteiger charge is -2.09. The van der Waals surface area contributed by atoms with Gasteiger partial charge in [0.25, 0.3) is 5.91 Å². The monoisotopic (exact) mass is 275 g/mol. The average Bonchev–Trinajstić information content (AvgIpc) is 1.54. The van der Waals surface area contributed by atoms with Gasteiger partial charge >= 0.3 is 10.3 Å². The van der Waals surface area contributed by atoms with Crippen molar-refractivity contribution in [1.82, 2.24) is 4.72 Å². The third-order valence-corrected chi connectivity index (χ3v) is 2.34. The van der Waals surface area contributed by atoms with Gasteiger partial charge < -0.3 is 4.18 Å². The molecule has 0 unspecified atom stereocenters. The van der Waals surface area contributed by atoms with Gasteiger partial charge in [-0.25, -0.2) is 4.72 Å². The van der Waals surface area contributed by atoms with E-state index in [2.05, 4.69) is 4.18 Å². The number of amides is 1. The molecule has 10 heavy (non-hydrogen) atoms. The van der Waals surface area contributed by atoms with Crippen LogP contribution in [-0.4, -0.2) is 14.3 Å². The highest BCUT2D eigenvalue weighted by Crippen LogP contribution is 2.13. The molecule has 1 aliphatic heterocycles. The van der Waals surface area contributed by atoms with Gasteiger partial charge in [0.2, 0.25) is 0 Å². The van der Waals surface area contributed by atoms with Crippen LogP contribution in [0.4, 0.5) is 0 Å². The molecule has 0 aliphatic carbocycles. The molecule has 0 atom stereocenters. The summed E-state index contributed by atoms with van der Waals surface area (Å²) in [5.41, 5.74) is 0. The van der Waals surface area contributed by atoms with Crippen molar-refractivity contribution in [2.24, 2.45) is 0 Å². The van der Waals surface area contributed by atoms with E-state index in [4.69, 9.17) is 0 Å². The summed E-state index contributed by atoms with van der Waals surface area (Å²) in [6.07, 6.45) is 1.04. The maximum absolute atomic E-state index is 10.5. The standard InChI is InChI=1S/C3H2INO4S/c4-2-1-3(6)5-10(7,8)9-2/h1H,(H,5,6). The minimum atomic E-state index is -3.86. The summed E-state index contributed by atoms with van der Waals surface area (Å²) in [5.74, 6) is -0.685. The number of carbonyl (C=O) groups excluding carboxylic acids is 1. The van der Waals surface area contributed by atoms with E-state index in [1.807, 2.05) is 0 Å². The molecule has 0 fully saturated rings. The molecule has 0 saturated heterocycles. The Kier molecular flexibility index (Phi) is 1.86. The molecular weight excluding hydrogens is 273 g/mol. The predicted molar refractivity (Wildman–Crippen MR) is 40.3 cm³/mol. The fourth-order valence-electron chi connectivity index (χ4n) is 0.405. The largest absolute Gasteiger partial charge is 0.410 e. The van der Waals surface area contributed by atoms with Crippen LogP contribution in [0.5, 0.6) is 0 Å². The van der Waals surface area contributed by atoms with Crippen molar-refractivity contribution in [2.45, 2.75) is 0 Å². The molecule has 0 aromatic heterocycles. The Balaban J connectivity index is 3.02. The van der Waals surface area contributed by atoms with Gasteiger partial charge in [-0.15, -0.1) is 0 Å². The second-order valence-corrected chi connectivity index (χ2v) is 3.79. The zero-order valence-corrected chi connectivity index (χ0v) is 7.47. The van der Waals surface area contributed by atoms with Crippen LogP contribution in [0.25, 0.3) is 0 Å². The Morgan fingerprint density at radius 1 is 1.60 bits per heavy atom. The Morgan fingerprint density at radius 2 is 2.20 bits per heavy atom. The third-order valence-electron chi connectivity index (χ3n) is 0.659. The fraction of sp³-hybridized carbons (Fsp3) is 0. The topological polar surface area (TPSA) is 72.5 Å². The summed E-state index contributed by atoms with van der Waals surface area (Å²) in [7, 11) is -3.86.